The summed E-state index contributed by atoms with van der Waals surface area (Å²) in [6, 6.07) is 10.2. The summed E-state index contributed by atoms with van der Waals surface area (Å²) in [4.78, 5) is 12.2. The zero-order valence-corrected chi connectivity index (χ0v) is 31.8. The molecule has 0 unspecified atom stereocenters. The van der Waals surface area contributed by atoms with Gasteiger partial charge in [0, 0.05) is 45.5 Å². The number of anilines is 2. The van der Waals surface area contributed by atoms with Crippen LogP contribution in [0.4, 0.5) is 11.4 Å². The zero-order valence-electron chi connectivity index (χ0n) is 28.0. The number of nitrogen functional groups attached to an aromatic ring is 1. The second-order valence-corrected chi connectivity index (χ2v) is 13.0. The van der Waals surface area contributed by atoms with Crippen molar-refractivity contribution in [3.05, 3.63) is 70.5 Å². The van der Waals surface area contributed by atoms with Gasteiger partial charge >= 0.3 is 0 Å². The summed E-state index contributed by atoms with van der Waals surface area (Å²) in [5, 5.41) is 4.09. The highest BCUT2D eigenvalue weighted by Crippen LogP contribution is 2.24. The molecule has 3 heterocycles. The number of benzene rings is 1. The van der Waals surface area contributed by atoms with E-state index in [1.165, 1.54) is 33.5 Å². The van der Waals surface area contributed by atoms with Gasteiger partial charge in [-0.3, -0.25) is 4.55 Å². The topological polar surface area (TPSA) is 195 Å². The standard InChI is InChI=1S/C10H11Cl2N3.C8H12ClN3.C7H8O3S.C5H11ClO3.H2O/c1-6(2)15-8-3-9(12)13-5-7(8)14-10(15)4-11;1-5(2)12-7-3-8(9)11-4-6(7)10;1-6-2-4-7(5-3-6)11(8,9)10;1-7-5(4-6,8-2)9-3;/h3,5-6H,4H2,1-2H3;3-5H,10H2,1-2H3,(H,11,12);2-5H,1H3,(H,8,9,10);4H2,1-3H3;1H2. The molecule has 4 rings (SSSR count). The summed E-state index contributed by atoms with van der Waals surface area (Å²) < 4.78 is 46.1. The third kappa shape index (κ3) is 14.5. The van der Waals surface area contributed by atoms with Gasteiger partial charge in [0.1, 0.15) is 27.5 Å². The van der Waals surface area contributed by atoms with Gasteiger partial charge in [0.05, 0.1) is 40.1 Å². The average molecular weight is 775 g/mol. The van der Waals surface area contributed by atoms with Gasteiger partial charge in [-0.2, -0.15) is 8.42 Å². The van der Waals surface area contributed by atoms with Crippen molar-refractivity contribution >= 4 is 78.9 Å². The van der Waals surface area contributed by atoms with E-state index in [0.717, 1.165) is 28.1 Å². The minimum Gasteiger partial charge on any atom is -0.412 e. The predicted molar refractivity (Wildman–Crippen MR) is 194 cm³/mol. The van der Waals surface area contributed by atoms with Crippen molar-refractivity contribution < 1.29 is 32.7 Å². The van der Waals surface area contributed by atoms with Crippen molar-refractivity contribution in [3.8, 4) is 0 Å². The molecule has 0 aliphatic carbocycles. The van der Waals surface area contributed by atoms with E-state index >= 15 is 0 Å². The molecule has 1 aromatic carbocycles. The van der Waals surface area contributed by atoms with Crippen molar-refractivity contribution in [3.63, 3.8) is 0 Å². The van der Waals surface area contributed by atoms with Crippen LogP contribution in [0.3, 0.4) is 0 Å². The first-order chi connectivity index (χ1) is 22.0. The van der Waals surface area contributed by atoms with Crippen LogP contribution in [0.5, 0.6) is 0 Å². The highest BCUT2D eigenvalue weighted by molar-refractivity contribution is 7.85. The first kappa shape index (κ1) is 45.5. The molecule has 0 radical (unpaired) electrons. The summed E-state index contributed by atoms with van der Waals surface area (Å²) in [5.41, 5.74) is 9.89. The lowest BCUT2D eigenvalue weighted by Crippen LogP contribution is -2.37. The number of alkyl halides is 2. The van der Waals surface area contributed by atoms with Gasteiger partial charge < -0.3 is 35.3 Å². The fourth-order valence-electron chi connectivity index (χ4n) is 3.69. The fourth-order valence-corrected chi connectivity index (χ4v) is 5.00. The van der Waals surface area contributed by atoms with E-state index in [-0.39, 0.29) is 16.3 Å². The summed E-state index contributed by atoms with van der Waals surface area (Å²) >= 11 is 22.9. The molecule has 18 heteroatoms. The molecule has 13 nitrogen and oxygen atoms in total. The molecule has 3 aromatic heterocycles. The Labute approximate surface area is 302 Å². The van der Waals surface area contributed by atoms with Gasteiger partial charge in [-0.25, -0.2) is 15.0 Å². The van der Waals surface area contributed by atoms with Gasteiger partial charge in [0.25, 0.3) is 16.1 Å². The summed E-state index contributed by atoms with van der Waals surface area (Å²) in [6.07, 6.45) is 3.22. The first-order valence-corrected chi connectivity index (χ1v) is 17.2. The zero-order chi connectivity index (χ0) is 35.9. The number of imidazole rings is 1. The summed E-state index contributed by atoms with van der Waals surface area (Å²) in [7, 11) is 0.383. The Balaban J connectivity index is 0.000000621. The first-order valence-electron chi connectivity index (χ1n) is 14.0. The number of hydrogen-bond donors (Lipinski definition) is 3. The second-order valence-electron chi connectivity index (χ2n) is 10.2. The Bertz CT molecular complexity index is 1620. The Hall–Kier alpha value is -2.50. The average Bonchev–Trinajstić information content (AvgIpc) is 3.39. The van der Waals surface area contributed by atoms with Crippen LogP contribution < -0.4 is 11.1 Å². The van der Waals surface area contributed by atoms with Crippen molar-refractivity contribution in [1.82, 2.24) is 19.5 Å². The molecule has 0 saturated heterocycles. The normalized spacial score (nSPS) is 11.1. The smallest absolute Gasteiger partial charge is 0.296 e. The number of nitrogens with zero attached hydrogens (tertiary/aromatic N) is 4. The molecule has 0 bridgehead atoms. The number of aryl methyl sites for hydroxylation is 1. The van der Waals surface area contributed by atoms with Crippen molar-refractivity contribution in [1.29, 1.82) is 0 Å². The van der Waals surface area contributed by atoms with E-state index in [0.29, 0.717) is 34.0 Å². The number of methoxy groups -OCH3 is 3. The maximum absolute atomic E-state index is 10.5. The van der Waals surface area contributed by atoms with Crippen molar-refractivity contribution in [2.24, 2.45) is 0 Å². The Morgan fingerprint density at radius 3 is 1.90 bits per heavy atom. The Kier molecular flexibility index (Phi) is 20.4. The van der Waals surface area contributed by atoms with E-state index in [2.05, 4.69) is 38.7 Å². The minimum atomic E-state index is -4.02. The number of rotatable bonds is 9. The van der Waals surface area contributed by atoms with E-state index in [4.69, 9.17) is 70.9 Å². The van der Waals surface area contributed by atoms with Crippen molar-refractivity contribution in [2.75, 3.05) is 38.3 Å². The lowest BCUT2D eigenvalue weighted by Gasteiger charge is -2.25. The molecule has 6 N–H and O–H groups in total. The lowest BCUT2D eigenvalue weighted by atomic mass is 10.2. The van der Waals surface area contributed by atoms with E-state index in [1.807, 2.05) is 26.8 Å². The number of halogens is 4. The molecule has 270 valence electrons. The SMILES string of the molecule is CC(C)Nc1cc(Cl)ncc1N.CC(C)n1c(CCl)nc2cnc(Cl)cc21.COC(CCl)(OC)OC.Cc1ccc(S(=O)(=O)O)cc1.O. The molecular formula is C30H44Cl4N6O7S. The van der Waals surface area contributed by atoms with E-state index in [1.54, 1.807) is 30.6 Å². The van der Waals surface area contributed by atoms with Crippen molar-refractivity contribution in [2.45, 2.75) is 63.5 Å². The molecule has 0 aliphatic heterocycles. The van der Waals surface area contributed by atoms with Gasteiger partial charge in [0.15, 0.2) is 0 Å². The highest BCUT2D eigenvalue weighted by Gasteiger charge is 2.27. The number of aromatic nitrogens is 4. The molecule has 4 aromatic rings. The number of pyridine rings is 2. The maximum atomic E-state index is 10.5. The van der Waals surface area contributed by atoms with E-state index < -0.39 is 16.1 Å². The Morgan fingerprint density at radius 1 is 0.958 bits per heavy atom. The number of nitrogens with one attached hydrogen (secondary N) is 1. The number of ether oxygens (including phenoxy) is 3. The van der Waals surface area contributed by atoms with Crippen LogP contribution in [0.15, 0.2) is 53.7 Å². The van der Waals surface area contributed by atoms with Crippen LogP contribution in [0.1, 0.15) is 45.1 Å². The Morgan fingerprint density at radius 2 is 1.48 bits per heavy atom. The van der Waals surface area contributed by atoms with Gasteiger partial charge in [0.2, 0.25) is 0 Å². The van der Waals surface area contributed by atoms with Crippen LogP contribution in [0.25, 0.3) is 11.0 Å². The van der Waals surface area contributed by atoms with Crippen LogP contribution in [-0.4, -0.2) is 77.2 Å². The van der Waals surface area contributed by atoms with Crippen LogP contribution in [0, 0.1) is 6.92 Å². The van der Waals surface area contributed by atoms with Gasteiger partial charge in [-0.1, -0.05) is 40.9 Å². The third-order valence-corrected chi connectivity index (χ3v) is 7.86. The maximum Gasteiger partial charge on any atom is 0.296 e. The quantitative estimate of drug-likeness (QED) is 0.0702. The molecule has 0 aliphatic rings. The lowest BCUT2D eigenvalue weighted by molar-refractivity contribution is -0.337. The fraction of sp³-hybridized carbons (Fsp3) is 0.433. The summed E-state index contributed by atoms with van der Waals surface area (Å²) in [5.74, 6) is 0.327. The number of nitrogens with two attached hydrogens (primary N) is 1. The molecule has 0 spiro atoms. The highest BCUT2D eigenvalue weighted by atomic mass is 35.5. The molecule has 0 fully saturated rings. The van der Waals surface area contributed by atoms with Gasteiger partial charge in [-0.15, -0.1) is 23.2 Å². The number of hydrogen-bond acceptors (Lipinski definition) is 10. The molecular weight excluding hydrogens is 730 g/mol. The molecule has 0 atom stereocenters. The largest absolute Gasteiger partial charge is 0.412 e. The monoisotopic (exact) mass is 772 g/mol. The van der Waals surface area contributed by atoms with E-state index in [9.17, 15) is 8.42 Å². The number of fused-ring (bicyclic) bond motifs is 1. The molecule has 0 amide bonds. The molecule has 48 heavy (non-hydrogen) atoms. The third-order valence-electron chi connectivity index (χ3n) is 6.01. The summed E-state index contributed by atoms with van der Waals surface area (Å²) in [6.45, 7) is 10.1. The van der Waals surface area contributed by atoms with Crippen LogP contribution >= 0.6 is 46.4 Å². The molecule has 0 saturated carbocycles. The van der Waals surface area contributed by atoms with Gasteiger partial charge in [-0.05, 0) is 46.8 Å². The minimum absolute atomic E-state index is 0. The predicted octanol–water partition coefficient (Wildman–Crippen LogP) is 6.78. The van der Waals surface area contributed by atoms with Crippen LogP contribution in [0.2, 0.25) is 10.3 Å². The van der Waals surface area contributed by atoms with Crippen LogP contribution in [-0.2, 0) is 30.2 Å². The second kappa shape index (κ2) is 21.6.